The highest BCUT2D eigenvalue weighted by atomic mass is 14.6. The van der Waals surface area contributed by atoms with Gasteiger partial charge in [-0.15, -0.1) is 0 Å². The lowest BCUT2D eigenvalue weighted by atomic mass is 9.44. The molecule has 0 nitrogen and oxygen atoms in total. The summed E-state index contributed by atoms with van der Waals surface area (Å²) in [5.74, 6) is 5.94. The smallest absolute Gasteiger partial charge is 0.0260 e. The first-order valence-electron chi connectivity index (χ1n) is 10.5. The second kappa shape index (κ2) is 5.37. The zero-order chi connectivity index (χ0) is 16.4. The summed E-state index contributed by atoms with van der Waals surface area (Å²) in [6.07, 6.45) is 13.2. The van der Waals surface area contributed by atoms with Crippen molar-refractivity contribution in [2.24, 2.45) is 46.3 Å². The van der Waals surface area contributed by atoms with E-state index in [9.17, 15) is 0 Å². The minimum atomic E-state index is 0.640. The molecule has 0 amide bonds. The average Bonchev–Trinajstić information content (AvgIpc) is 2.85. The van der Waals surface area contributed by atoms with Gasteiger partial charge in [0, 0.05) is 0 Å². The molecule has 4 unspecified atom stereocenters. The zero-order valence-electron chi connectivity index (χ0n) is 16.0. The van der Waals surface area contributed by atoms with Crippen LogP contribution in [0.15, 0.2) is 12.2 Å². The van der Waals surface area contributed by atoms with Gasteiger partial charge in [0.1, 0.15) is 0 Å². The van der Waals surface area contributed by atoms with Gasteiger partial charge in [0.15, 0.2) is 0 Å². The summed E-state index contributed by atoms with van der Waals surface area (Å²) in [6.45, 7) is 14.7. The summed E-state index contributed by atoms with van der Waals surface area (Å²) in [4.78, 5) is 0. The fraction of sp³-hybridized carbons (Fsp3) is 0.913. The molecule has 0 bridgehead atoms. The molecule has 0 aliphatic heterocycles. The molecule has 7 atom stereocenters. The Morgan fingerprint density at radius 1 is 0.913 bits per heavy atom. The zero-order valence-corrected chi connectivity index (χ0v) is 16.0. The predicted molar refractivity (Wildman–Crippen MR) is 99.2 cm³/mol. The Morgan fingerprint density at radius 2 is 1.65 bits per heavy atom. The van der Waals surface area contributed by atoms with E-state index in [4.69, 9.17) is 0 Å². The molecule has 4 aliphatic carbocycles. The SMILES string of the molecule is C=C1CC[C@@]2(C)C(CCC3C2CC[C@@]2(C)C3CC[C@@H]2C(C)C)C1. The van der Waals surface area contributed by atoms with E-state index in [1.165, 1.54) is 57.8 Å². The first-order chi connectivity index (χ1) is 10.9. The Morgan fingerprint density at radius 3 is 2.39 bits per heavy atom. The van der Waals surface area contributed by atoms with Gasteiger partial charge in [0.2, 0.25) is 0 Å². The number of allylic oxidation sites excluding steroid dienone is 1. The fourth-order valence-corrected chi connectivity index (χ4v) is 8.29. The van der Waals surface area contributed by atoms with Crippen molar-refractivity contribution >= 4 is 0 Å². The van der Waals surface area contributed by atoms with Crippen molar-refractivity contribution in [3.8, 4) is 0 Å². The Balaban J connectivity index is 1.61. The number of hydrogen-bond donors (Lipinski definition) is 0. The highest BCUT2D eigenvalue weighted by Gasteiger charge is 2.59. The van der Waals surface area contributed by atoms with Crippen LogP contribution < -0.4 is 0 Å². The molecule has 0 spiro atoms. The van der Waals surface area contributed by atoms with Crippen LogP contribution in [-0.2, 0) is 0 Å². The lowest BCUT2D eigenvalue weighted by Crippen LogP contribution is -2.53. The maximum atomic E-state index is 4.33. The van der Waals surface area contributed by atoms with Gasteiger partial charge in [-0.05, 0) is 104 Å². The molecule has 130 valence electrons. The molecular formula is C23H38. The van der Waals surface area contributed by atoms with Crippen molar-refractivity contribution in [2.45, 2.75) is 85.5 Å². The second-order valence-electron chi connectivity index (χ2n) is 10.6. The lowest BCUT2D eigenvalue weighted by molar-refractivity contribution is -0.108. The summed E-state index contributed by atoms with van der Waals surface area (Å²) < 4.78 is 0. The van der Waals surface area contributed by atoms with Crippen LogP contribution in [0.4, 0.5) is 0 Å². The topological polar surface area (TPSA) is 0 Å². The van der Waals surface area contributed by atoms with Crippen LogP contribution in [0.3, 0.4) is 0 Å². The van der Waals surface area contributed by atoms with Crippen molar-refractivity contribution < 1.29 is 0 Å². The van der Waals surface area contributed by atoms with Crippen LogP contribution >= 0.6 is 0 Å². The molecule has 0 N–H and O–H groups in total. The molecule has 0 aromatic carbocycles. The molecule has 4 aliphatic rings. The lowest BCUT2D eigenvalue weighted by Gasteiger charge is -2.61. The van der Waals surface area contributed by atoms with Crippen molar-refractivity contribution in [2.75, 3.05) is 0 Å². The van der Waals surface area contributed by atoms with Crippen molar-refractivity contribution in [1.82, 2.24) is 0 Å². The maximum Gasteiger partial charge on any atom is -0.0260 e. The molecule has 0 saturated heterocycles. The molecule has 23 heavy (non-hydrogen) atoms. The number of rotatable bonds is 1. The molecular weight excluding hydrogens is 276 g/mol. The van der Waals surface area contributed by atoms with Crippen LogP contribution in [-0.4, -0.2) is 0 Å². The van der Waals surface area contributed by atoms with Gasteiger partial charge in [0.25, 0.3) is 0 Å². The molecule has 0 heterocycles. The minimum absolute atomic E-state index is 0.640. The normalized spacial score (nSPS) is 52.9. The molecule has 4 fully saturated rings. The van der Waals surface area contributed by atoms with E-state index in [0.29, 0.717) is 10.8 Å². The third-order valence-electron chi connectivity index (χ3n) is 9.50. The molecule has 0 radical (unpaired) electrons. The Bertz CT molecular complexity index is 488. The van der Waals surface area contributed by atoms with Crippen LogP contribution in [0.5, 0.6) is 0 Å². The average molecular weight is 315 g/mol. The van der Waals surface area contributed by atoms with E-state index in [1.807, 2.05) is 0 Å². The first kappa shape index (κ1) is 16.2. The van der Waals surface area contributed by atoms with Gasteiger partial charge in [-0.2, -0.15) is 0 Å². The van der Waals surface area contributed by atoms with Crippen LogP contribution in [0.25, 0.3) is 0 Å². The molecule has 4 saturated carbocycles. The fourth-order valence-electron chi connectivity index (χ4n) is 8.29. The van der Waals surface area contributed by atoms with Gasteiger partial charge in [0.05, 0.1) is 0 Å². The second-order valence-corrected chi connectivity index (χ2v) is 10.6. The van der Waals surface area contributed by atoms with Gasteiger partial charge >= 0.3 is 0 Å². The summed E-state index contributed by atoms with van der Waals surface area (Å²) in [6, 6.07) is 0. The van der Waals surface area contributed by atoms with Gasteiger partial charge < -0.3 is 0 Å². The Hall–Kier alpha value is -0.260. The van der Waals surface area contributed by atoms with Gasteiger partial charge in [-0.25, -0.2) is 0 Å². The van der Waals surface area contributed by atoms with E-state index in [2.05, 4.69) is 34.3 Å². The van der Waals surface area contributed by atoms with E-state index >= 15 is 0 Å². The number of fused-ring (bicyclic) bond motifs is 5. The van der Waals surface area contributed by atoms with Crippen LogP contribution in [0.1, 0.15) is 85.5 Å². The highest BCUT2D eigenvalue weighted by molar-refractivity contribution is 5.13. The van der Waals surface area contributed by atoms with E-state index in [0.717, 1.165) is 35.5 Å². The Labute approximate surface area is 144 Å². The van der Waals surface area contributed by atoms with E-state index in [-0.39, 0.29) is 0 Å². The molecule has 0 heteroatoms. The molecule has 4 rings (SSSR count). The van der Waals surface area contributed by atoms with Crippen LogP contribution in [0.2, 0.25) is 0 Å². The third-order valence-corrected chi connectivity index (χ3v) is 9.50. The third kappa shape index (κ3) is 2.22. The molecule has 0 aromatic heterocycles. The quantitative estimate of drug-likeness (QED) is 0.464. The van der Waals surface area contributed by atoms with Crippen molar-refractivity contribution in [1.29, 1.82) is 0 Å². The van der Waals surface area contributed by atoms with Gasteiger partial charge in [-0.1, -0.05) is 39.8 Å². The largest absolute Gasteiger partial charge is 0.0999 e. The van der Waals surface area contributed by atoms with E-state index < -0.39 is 0 Å². The highest BCUT2D eigenvalue weighted by Crippen LogP contribution is 2.68. The van der Waals surface area contributed by atoms with Crippen molar-refractivity contribution in [3.05, 3.63) is 12.2 Å². The Kier molecular flexibility index (Phi) is 3.79. The summed E-state index contributed by atoms with van der Waals surface area (Å²) in [5, 5.41) is 0. The summed E-state index contributed by atoms with van der Waals surface area (Å²) in [7, 11) is 0. The minimum Gasteiger partial charge on any atom is -0.0999 e. The van der Waals surface area contributed by atoms with Crippen molar-refractivity contribution in [3.63, 3.8) is 0 Å². The molecule has 0 aromatic rings. The summed E-state index contributed by atoms with van der Waals surface area (Å²) in [5.41, 5.74) is 2.85. The standard InChI is InChI=1S/C23H38/c1-15(2)19-8-9-20-18-7-6-17-14-16(3)10-12-22(17,4)21(18)11-13-23(19,20)5/h15,17-21H,3,6-14H2,1-2,4-5H3/t17?,18?,19-,20?,21?,22+,23-/m1/s1. The van der Waals surface area contributed by atoms with E-state index in [1.54, 1.807) is 5.57 Å². The van der Waals surface area contributed by atoms with Gasteiger partial charge in [-0.3, -0.25) is 0 Å². The first-order valence-corrected chi connectivity index (χ1v) is 10.5. The van der Waals surface area contributed by atoms with Crippen LogP contribution in [0, 0.1) is 46.3 Å². The number of hydrogen-bond acceptors (Lipinski definition) is 0. The summed E-state index contributed by atoms with van der Waals surface area (Å²) >= 11 is 0. The monoisotopic (exact) mass is 314 g/mol. The predicted octanol–water partition coefficient (Wildman–Crippen LogP) is 6.86. The maximum absolute atomic E-state index is 4.33.